The van der Waals surface area contributed by atoms with E-state index in [0.29, 0.717) is 36.4 Å². The lowest BCUT2D eigenvalue weighted by Crippen LogP contribution is -2.17. The Kier molecular flexibility index (Phi) is 10.3. The fraction of sp³-hybridized carbons (Fsp3) is 0.792. The van der Waals surface area contributed by atoms with Crippen LogP contribution in [0.15, 0.2) is 12.7 Å². The lowest BCUT2D eigenvalue weighted by molar-refractivity contribution is 0.0715. The largest absolute Gasteiger partial charge is 0.382 e. The standard InChI is InChI=1S/C24H44N5O4P/c1-3-4-5-6-7-8-9-10-11-12-13-14-15-16-33-34(30,31)20-32-21(2)17-29-19-28-22-23(25)26-18-27-24(22)29/h18-19,21H,3-17,20H2,1-2H3,(H,30,31)(H2,25,26,27)/t21-/m1/s1/i1D3,3D2. The number of hydrogen-bond acceptors (Lipinski definition) is 7. The van der Waals surface area contributed by atoms with Gasteiger partial charge in [0, 0.05) is 6.85 Å². The second-order valence-electron chi connectivity index (χ2n) is 8.72. The summed E-state index contributed by atoms with van der Waals surface area (Å²) in [6.07, 6.45) is 10.9. The minimum atomic E-state index is -3.83. The molecule has 2 heterocycles. The topological polar surface area (TPSA) is 125 Å². The van der Waals surface area contributed by atoms with Crippen molar-refractivity contribution >= 4 is 24.6 Å². The summed E-state index contributed by atoms with van der Waals surface area (Å²) in [5.41, 5.74) is 6.87. The van der Waals surface area contributed by atoms with Crippen LogP contribution in [-0.2, 0) is 20.4 Å². The number of anilines is 1. The van der Waals surface area contributed by atoms with Gasteiger partial charge >= 0.3 is 7.60 Å². The van der Waals surface area contributed by atoms with E-state index >= 15 is 0 Å². The van der Waals surface area contributed by atoms with Gasteiger partial charge in [0.1, 0.15) is 18.2 Å². The van der Waals surface area contributed by atoms with Gasteiger partial charge in [-0.3, -0.25) is 4.57 Å². The number of nitrogen functional groups attached to an aromatic ring is 1. The average molecular weight is 503 g/mol. The lowest BCUT2D eigenvalue weighted by Gasteiger charge is -2.17. The van der Waals surface area contributed by atoms with Gasteiger partial charge in [0.05, 0.1) is 25.6 Å². The Morgan fingerprint density at radius 2 is 1.68 bits per heavy atom. The van der Waals surface area contributed by atoms with Crippen molar-refractivity contribution in [3.63, 3.8) is 0 Å². The number of fused-ring (bicyclic) bond motifs is 1. The van der Waals surface area contributed by atoms with E-state index in [4.69, 9.17) is 21.8 Å². The Morgan fingerprint density at radius 3 is 2.32 bits per heavy atom. The molecule has 0 radical (unpaired) electrons. The quantitative estimate of drug-likeness (QED) is 0.165. The Labute approximate surface area is 211 Å². The molecule has 0 aliphatic heterocycles. The molecule has 2 rings (SSSR count). The molecule has 2 aromatic rings. The van der Waals surface area contributed by atoms with Crippen LogP contribution in [0.25, 0.3) is 11.2 Å². The van der Waals surface area contributed by atoms with Crippen molar-refractivity contribution < 1.29 is 25.6 Å². The van der Waals surface area contributed by atoms with Crippen molar-refractivity contribution in [3.8, 4) is 0 Å². The van der Waals surface area contributed by atoms with Crippen molar-refractivity contribution in [3.05, 3.63) is 12.7 Å². The minimum absolute atomic E-state index is 0.0848. The zero-order valence-corrected chi connectivity index (χ0v) is 21.2. The van der Waals surface area contributed by atoms with Crippen LogP contribution in [0.2, 0.25) is 0 Å². The normalized spacial score (nSPS) is 17.4. The molecule has 0 fully saturated rings. The zero-order chi connectivity index (χ0) is 28.9. The SMILES string of the molecule is [2H]C([2H])([2H])C([2H])([2H])CCCCCCCCCCCCCOP(=O)(O)CO[C@H](C)Cn1cnc2c(N)ncnc21. The molecule has 0 aliphatic rings. The molecule has 34 heavy (non-hydrogen) atoms. The Morgan fingerprint density at radius 1 is 1.06 bits per heavy atom. The van der Waals surface area contributed by atoms with Gasteiger partial charge in [-0.15, -0.1) is 0 Å². The smallest absolute Gasteiger partial charge is 0.353 e. The molecule has 0 saturated heterocycles. The van der Waals surface area contributed by atoms with Gasteiger partial charge in [-0.1, -0.05) is 83.9 Å². The van der Waals surface area contributed by atoms with Crippen molar-refractivity contribution in [1.29, 1.82) is 0 Å². The highest BCUT2D eigenvalue weighted by molar-refractivity contribution is 7.52. The molecule has 1 unspecified atom stereocenters. The summed E-state index contributed by atoms with van der Waals surface area (Å²) in [4.78, 5) is 22.3. The van der Waals surface area contributed by atoms with E-state index in [0.717, 1.165) is 57.8 Å². The molecule has 3 N–H and O–H groups in total. The summed E-state index contributed by atoms with van der Waals surface area (Å²) in [6.45, 7) is -0.151. The van der Waals surface area contributed by atoms with Gasteiger partial charge in [0.15, 0.2) is 11.5 Å². The summed E-state index contributed by atoms with van der Waals surface area (Å²) >= 11 is 0. The molecule has 0 aromatic carbocycles. The Bertz CT molecular complexity index is 1040. The molecule has 10 heteroatoms. The molecular formula is C24H44N5O4P. The first-order chi connectivity index (χ1) is 18.3. The summed E-state index contributed by atoms with van der Waals surface area (Å²) in [6, 6.07) is 0. The number of unbranched alkanes of at least 4 members (excludes halogenated alkanes) is 10. The van der Waals surface area contributed by atoms with Gasteiger partial charge in [-0.05, 0) is 13.3 Å². The predicted octanol–water partition coefficient (Wildman–Crippen LogP) is 6.06. The van der Waals surface area contributed by atoms with E-state index in [-0.39, 0.29) is 25.5 Å². The fourth-order valence-electron chi connectivity index (χ4n) is 3.73. The molecule has 0 aliphatic carbocycles. The maximum Gasteiger partial charge on any atom is 0.353 e. The van der Waals surface area contributed by atoms with Crippen LogP contribution in [0.4, 0.5) is 5.82 Å². The number of nitrogens with two attached hydrogens (primary N) is 1. The molecular weight excluding hydrogens is 453 g/mol. The highest BCUT2D eigenvalue weighted by atomic mass is 31.2. The lowest BCUT2D eigenvalue weighted by atomic mass is 10.0. The van der Waals surface area contributed by atoms with Crippen LogP contribution in [0.1, 0.15) is 104 Å². The Hall–Kier alpha value is -1.54. The van der Waals surface area contributed by atoms with Crippen LogP contribution < -0.4 is 5.73 Å². The Balaban J connectivity index is 1.44. The highest BCUT2D eigenvalue weighted by Crippen LogP contribution is 2.42. The van der Waals surface area contributed by atoms with E-state index in [1.165, 1.54) is 6.33 Å². The van der Waals surface area contributed by atoms with E-state index in [9.17, 15) is 9.46 Å². The number of imidazole rings is 1. The van der Waals surface area contributed by atoms with Gasteiger partial charge in [0.25, 0.3) is 0 Å². The zero-order valence-electron chi connectivity index (χ0n) is 25.3. The van der Waals surface area contributed by atoms with Crippen LogP contribution >= 0.6 is 7.60 Å². The first kappa shape index (κ1) is 21.7. The third-order valence-electron chi connectivity index (χ3n) is 5.64. The van der Waals surface area contributed by atoms with Gasteiger partial charge in [-0.25, -0.2) is 15.0 Å². The number of aromatic nitrogens is 4. The summed E-state index contributed by atoms with van der Waals surface area (Å²) in [7, 11) is -3.83. The van der Waals surface area contributed by atoms with Crippen LogP contribution in [0.5, 0.6) is 0 Å². The van der Waals surface area contributed by atoms with E-state index in [1.807, 2.05) is 0 Å². The first-order valence-corrected chi connectivity index (χ1v) is 14.1. The monoisotopic (exact) mass is 502 g/mol. The van der Waals surface area contributed by atoms with Crippen molar-refractivity contribution in [2.24, 2.45) is 0 Å². The van der Waals surface area contributed by atoms with Crippen LogP contribution in [0.3, 0.4) is 0 Å². The van der Waals surface area contributed by atoms with E-state index in [2.05, 4.69) is 15.0 Å². The molecule has 9 nitrogen and oxygen atoms in total. The van der Waals surface area contributed by atoms with Crippen molar-refractivity contribution in [2.45, 2.75) is 110 Å². The maximum atomic E-state index is 12.3. The highest BCUT2D eigenvalue weighted by Gasteiger charge is 2.21. The second kappa shape index (κ2) is 16.2. The number of hydrogen-bond donors (Lipinski definition) is 2. The summed E-state index contributed by atoms with van der Waals surface area (Å²) in [5.74, 6) is 0.294. The van der Waals surface area contributed by atoms with E-state index in [1.54, 1.807) is 17.8 Å². The first-order valence-electron chi connectivity index (χ1n) is 14.8. The summed E-state index contributed by atoms with van der Waals surface area (Å²) in [5, 5.41) is 0. The number of ether oxygens (including phenoxy) is 1. The van der Waals surface area contributed by atoms with Gasteiger partial charge < -0.3 is 24.5 Å². The predicted molar refractivity (Wildman–Crippen MR) is 137 cm³/mol. The number of rotatable bonds is 20. The second-order valence-corrected chi connectivity index (χ2v) is 10.5. The third-order valence-corrected chi connectivity index (χ3v) is 6.71. The third kappa shape index (κ3) is 11.3. The molecule has 0 spiro atoms. The van der Waals surface area contributed by atoms with Gasteiger partial charge in [0.2, 0.25) is 0 Å². The van der Waals surface area contributed by atoms with Crippen molar-refractivity contribution in [2.75, 3.05) is 18.7 Å². The van der Waals surface area contributed by atoms with Crippen LogP contribution in [0, 0.1) is 0 Å². The fourth-order valence-corrected chi connectivity index (χ4v) is 4.67. The van der Waals surface area contributed by atoms with Gasteiger partial charge in [-0.2, -0.15) is 0 Å². The molecule has 194 valence electrons. The molecule has 0 saturated carbocycles. The van der Waals surface area contributed by atoms with E-state index < -0.39 is 20.8 Å². The molecule has 2 aromatic heterocycles. The molecule has 0 amide bonds. The average Bonchev–Trinajstić information content (AvgIpc) is 3.26. The van der Waals surface area contributed by atoms with Crippen molar-refractivity contribution in [1.82, 2.24) is 19.5 Å². The number of nitrogens with zero attached hydrogens (tertiary/aromatic N) is 4. The molecule has 2 atom stereocenters. The van der Waals surface area contributed by atoms with Crippen LogP contribution in [-0.4, -0.2) is 43.5 Å². The maximum absolute atomic E-state index is 12.3. The minimum Gasteiger partial charge on any atom is -0.382 e. The summed E-state index contributed by atoms with van der Waals surface area (Å²) < 4.78 is 61.7. The molecule has 0 bridgehead atoms.